The highest BCUT2D eigenvalue weighted by Crippen LogP contribution is 2.19. The minimum absolute atomic E-state index is 0.0475. The number of carbonyl (C=O) groups is 1. The van der Waals surface area contributed by atoms with E-state index in [0.29, 0.717) is 19.2 Å². The summed E-state index contributed by atoms with van der Waals surface area (Å²) in [7, 11) is 0. The molecule has 1 saturated heterocycles. The number of carbonyl (C=O) groups excluding carboxylic acids is 1. The van der Waals surface area contributed by atoms with Gasteiger partial charge in [-0.05, 0) is 18.9 Å². The summed E-state index contributed by atoms with van der Waals surface area (Å²) in [4.78, 5) is 14.2. The van der Waals surface area contributed by atoms with Crippen molar-refractivity contribution in [2.45, 2.75) is 31.5 Å². The normalized spacial score (nSPS) is 24.3. The van der Waals surface area contributed by atoms with Gasteiger partial charge in [0.1, 0.15) is 6.10 Å². The van der Waals surface area contributed by atoms with Crippen LogP contribution in [-0.4, -0.2) is 59.0 Å². The smallest absolute Gasteiger partial charge is 0.250 e. The van der Waals surface area contributed by atoms with Gasteiger partial charge in [0, 0.05) is 38.1 Å². The molecule has 19 heavy (non-hydrogen) atoms. The van der Waals surface area contributed by atoms with E-state index in [1.165, 1.54) is 0 Å². The fourth-order valence-corrected chi connectivity index (χ4v) is 2.26. The van der Waals surface area contributed by atoms with E-state index in [0.717, 1.165) is 32.5 Å². The van der Waals surface area contributed by atoms with Gasteiger partial charge in [0.2, 0.25) is 0 Å². The second kappa shape index (κ2) is 5.71. The van der Waals surface area contributed by atoms with Crippen LogP contribution in [0.25, 0.3) is 0 Å². The number of hydrogen-bond donors (Lipinski definition) is 1. The van der Waals surface area contributed by atoms with Crippen LogP contribution in [-0.2, 0) is 16.1 Å². The SMILES string of the molecule is O=C(NC1CC1)C1CN(CCn2cccn2)CCO1. The maximum Gasteiger partial charge on any atom is 0.250 e. The predicted octanol–water partition coefficient (Wildman–Crippen LogP) is -0.138. The largest absolute Gasteiger partial charge is 0.366 e. The van der Waals surface area contributed by atoms with Gasteiger partial charge in [0.25, 0.3) is 5.91 Å². The zero-order chi connectivity index (χ0) is 13.1. The monoisotopic (exact) mass is 264 g/mol. The highest BCUT2D eigenvalue weighted by Gasteiger charge is 2.30. The van der Waals surface area contributed by atoms with Crippen molar-refractivity contribution < 1.29 is 9.53 Å². The van der Waals surface area contributed by atoms with E-state index in [1.807, 2.05) is 16.9 Å². The van der Waals surface area contributed by atoms with E-state index in [2.05, 4.69) is 15.3 Å². The van der Waals surface area contributed by atoms with E-state index in [1.54, 1.807) is 6.20 Å². The molecule has 6 nitrogen and oxygen atoms in total. The molecule has 1 aromatic heterocycles. The van der Waals surface area contributed by atoms with Crippen molar-refractivity contribution in [3.8, 4) is 0 Å². The fraction of sp³-hybridized carbons (Fsp3) is 0.692. The lowest BCUT2D eigenvalue weighted by atomic mass is 10.2. The highest BCUT2D eigenvalue weighted by molar-refractivity contribution is 5.81. The number of nitrogens with one attached hydrogen (secondary N) is 1. The number of morpholine rings is 1. The van der Waals surface area contributed by atoms with Crippen molar-refractivity contribution in [3.63, 3.8) is 0 Å². The van der Waals surface area contributed by atoms with Gasteiger partial charge in [-0.2, -0.15) is 5.10 Å². The molecule has 3 rings (SSSR count). The van der Waals surface area contributed by atoms with Gasteiger partial charge in [0.15, 0.2) is 0 Å². The molecule has 1 atom stereocenters. The van der Waals surface area contributed by atoms with Crippen molar-refractivity contribution in [3.05, 3.63) is 18.5 Å². The number of amides is 1. The summed E-state index contributed by atoms with van der Waals surface area (Å²) >= 11 is 0. The molecule has 1 unspecified atom stereocenters. The van der Waals surface area contributed by atoms with Gasteiger partial charge in [-0.25, -0.2) is 0 Å². The number of aromatic nitrogens is 2. The number of hydrogen-bond acceptors (Lipinski definition) is 4. The van der Waals surface area contributed by atoms with Crippen LogP contribution in [0.3, 0.4) is 0 Å². The van der Waals surface area contributed by atoms with Crippen LogP contribution < -0.4 is 5.32 Å². The van der Waals surface area contributed by atoms with Gasteiger partial charge in [0.05, 0.1) is 13.2 Å². The standard InChI is InChI=1S/C13H20N4O2/c18-13(15-11-2-3-11)12-10-16(8-9-19-12)6-7-17-5-1-4-14-17/h1,4-5,11-12H,2-3,6-10H2,(H,15,18). The van der Waals surface area contributed by atoms with E-state index < -0.39 is 0 Å². The molecule has 1 N–H and O–H groups in total. The summed E-state index contributed by atoms with van der Waals surface area (Å²) in [5.74, 6) is 0.0475. The molecule has 104 valence electrons. The Morgan fingerprint density at radius 1 is 1.42 bits per heavy atom. The predicted molar refractivity (Wildman–Crippen MR) is 69.6 cm³/mol. The van der Waals surface area contributed by atoms with Crippen molar-refractivity contribution in [2.24, 2.45) is 0 Å². The van der Waals surface area contributed by atoms with Crippen LogP contribution in [0.15, 0.2) is 18.5 Å². The topological polar surface area (TPSA) is 59.4 Å². The molecule has 2 fully saturated rings. The summed E-state index contributed by atoms with van der Waals surface area (Å²) in [5, 5.41) is 7.19. The second-order valence-electron chi connectivity index (χ2n) is 5.21. The van der Waals surface area contributed by atoms with E-state index in [9.17, 15) is 4.79 Å². The van der Waals surface area contributed by atoms with Crippen LogP contribution in [0.1, 0.15) is 12.8 Å². The second-order valence-corrected chi connectivity index (χ2v) is 5.21. The molecule has 0 aromatic carbocycles. The maximum absolute atomic E-state index is 11.9. The number of nitrogens with zero attached hydrogens (tertiary/aromatic N) is 3. The Balaban J connectivity index is 1.45. The lowest BCUT2D eigenvalue weighted by Gasteiger charge is -2.32. The minimum Gasteiger partial charge on any atom is -0.366 e. The Morgan fingerprint density at radius 3 is 3.05 bits per heavy atom. The summed E-state index contributed by atoms with van der Waals surface area (Å²) in [5.41, 5.74) is 0. The molecular formula is C13H20N4O2. The third-order valence-electron chi connectivity index (χ3n) is 3.57. The van der Waals surface area contributed by atoms with E-state index in [4.69, 9.17) is 4.74 Å². The molecule has 6 heteroatoms. The quantitative estimate of drug-likeness (QED) is 0.804. The molecule has 1 aliphatic carbocycles. The first kappa shape index (κ1) is 12.6. The molecule has 1 aliphatic heterocycles. The van der Waals surface area contributed by atoms with E-state index in [-0.39, 0.29) is 12.0 Å². The van der Waals surface area contributed by atoms with Crippen molar-refractivity contribution in [2.75, 3.05) is 26.2 Å². The summed E-state index contributed by atoms with van der Waals surface area (Å²) in [6, 6.07) is 2.32. The van der Waals surface area contributed by atoms with Crippen LogP contribution in [0.2, 0.25) is 0 Å². The summed E-state index contributed by atoms with van der Waals surface area (Å²) < 4.78 is 7.47. The Hall–Kier alpha value is -1.40. The average Bonchev–Trinajstić information content (AvgIpc) is 3.09. The van der Waals surface area contributed by atoms with Gasteiger partial charge in [-0.1, -0.05) is 0 Å². The minimum atomic E-state index is -0.313. The van der Waals surface area contributed by atoms with Gasteiger partial charge >= 0.3 is 0 Å². The van der Waals surface area contributed by atoms with Crippen molar-refractivity contribution in [1.82, 2.24) is 20.0 Å². The first-order chi connectivity index (χ1) is 9.31. The Morgan fingerprint density at radius 2 is 2.32 bits per heavy atom. The van der Waals surface area contributed by atoms with Crippen LogP contribution in [0.4, 0.5) is 0 Å². The molecular weight excluding hydrogens is 244 g/mol. The third-order valence-corrected chi connectivity index (χ3v) is 3.57. The van der Waals surface area contributed by atoms with E-state index >= 15 is 0 Å². The van der Waals surface area contributed by atoms with Gasteiger partial charge in [-0.15, -0.1) is 0 Å². The Labute approximate surface area is 112 Å². The summed E-state index contributed by atoms with van der Waals surface area (Å²) in [6.07, 6.45) is 5.65. The molecule has 1 saturated carbocycles. The Bertz CT molecular complexity index is 416. The third kappa shape index (κ3) is 3.54. The zero-order valence-electron chi connectivity index (χ0n) is 11.0. The van der Waals surface area contributed by atoms with Crippen LogP contribution in [0.5, 0.6) is 0 Å². The highest BCUT2D eigenvalue weighted by atomic mass is 16.5. The zero-order valence-corrected chi connectivity index (χ0v) is 11.0. The molecule has 0 spiro atoms. The first-order valence-electron chi connectivity index (χ1n) is 6.93. The molecule has 0 radical (unpaired) electrons. The molecule has 0 bridgehead atoms. The number of rotatable bonds is 5. The molecule has 2 aliphatic rings. The first-order valence-corrected chi connectivity index (χ1v) is 6.93. The van der Waals surface area contributed by atoms with Crippen LogP contribution in [0, 0.1) is 0 Å². The van der Waals surface area contributed by atoms with Crippen molar-refractivity contribution in [1.29, 1.82) is 0 Å². The van der Waals surface area contributed by atoms with Crippen LogP contribution >= 0.6 is 0 Å². The average molecular weight is 264 g/mol. The fourth-order valence-electron chi connectivity index (χ4n) is 2.26. The summed E-state index contributed by atoms with van der Waals surface area (Å²) in [6.45, 7) is 3.94. The van der Waals surface area contributed by atoms with Gasteiger partial charge in [-0.3, -0.25) is 14.4 Å². The molecule has 2 heterocycles. The maximum atomic E-state index is 11.9. The lowest BCUT2D eigenvalue weighted by molar-refractivity contribution is -0.138. The molecule has 1 aromatic rings. The van der Waals surface area contributed by atoms with Gasteiger partial charge < -0.3 is 10.1 Å². The number of ether oxygens (including phenoxy) is 1. The lowest BCUT2D eigenvalue weighted by Crippen LogP contribution is -2.50. The Kier molecular flexibility index (Phi) is 3.79. The van der Waals surface area contributed by atoms with Crippen molar-refractivity contribution >= 4 is 5.91 Å². The molecule has 1 amide bonds.